The fraction of sp³-hybridized carbons (Fsp3) is 0.250. The molecule has 3 rings (SSSR count). The van der Waals surface area contributed by atoms with Gasteiger partial charge in [-0.1, -0.05) is 30.3 Å². The van der Waals surface area contributed by atoms with Gasteiger partial charge in [-0.05, 0) is 36.0 Å². The molecule has 0 saturated carbocycles. The van der Waals surface area contributed by atoms with Crippen molar-refractivity contribution in [1.29, 1.82) is 0 Å². The number of aryl methyl sites for hydroxylation is 2. The summed E-state index contributed by atoms with van der Waals surface area (Å²) >= 11 is 1.50. The van der Waals surface area contributed by atoms with Gasteiger partial charge < -0.3 is 10.1 Å². The molecule has 0 radical (unpaired) electrons. The van der Waals surface area contributed by atoms with Crippen molar-refractivity contribution < 1.29 is 18.9 Å². The van der Waals surface area contributed by atoms with Crippen molar-refractivity contribution in [2.75, 3.05) is 12.9 Å². The normalized spacial score (nSPS) is 12.0. The Balaban J connectivity index is 1.78. The van der Waals surface area contributed by atoms with Crippen LogP contribution in [0.3, 0.4) is 0 Å². The third kappa shape index (κ3) is 3.98. The van der Waals surface area contributed by atoms with Gasteiger partial charge in [0.1, 0.15) is 6.04 Å². The number of benzene rings is 2. The average molecular weight is 384 g/mol. The fourth-order valence-corrected chi connectivity index (χ4v) is 4.08. The van der Waals surface area contributed by atoms with Crippen molar-refractivity contribution in [1.82, 2.24) is 9.88 Å². The molecule has 0 aliphatic heterocycles. The Labute approximate surface area is 162 Å². The maximum atomic E-state index is 12.4. The SMILES string of the molecule is COC(=O)[C@H](CSc1n(C)c2ccccc2[n+]1C)NC(=O)c1ccccc1. The molecule has 1 N–H and O–H groups in total. The zero-order chi connectivity index (χ0) is 19.4. The predicted octanol–water partition coefficient (Wildman–Crippen LogP) is 2.07. The van der Waals surface area contributed by atoms with Gasteiger partial charge in [0.15, 0.2) is 11.0 Å². The zero-order valence-corrected chi connectivity index (χ0v) is 16.3. The van der Waals surface area contributed by atoms with Gasteiger partial charge in [-0.3, -0.25) is 4.79 Å². The molecule has 0 unspecified atom stereocenters. The molecule has 6 nitrogen and oxygen atoms in total. The number of hydrogen-bond acceptors (Lipinski definition) is 4. The molecule has 1 heterocycles. The van der Waals surface area contributed by atoms with Crippen molar-refractivity contribution in [2.24, 2.45) is 14.1 Å². The number of hydrogen-bond donors (Lipinski definition) is 1. The lowest BCUT2D eigenvalue weighted by atomic mass is 10.2. The molecule has 0 aliphatic rings. The average Bonchev–Trinajstić information content (AvgIpc) is 2.95. The summed E-state index contributed by atoms with van der Waals surface area (Å²) < 4.78 is 9.03. The highest BCUT2D eigenvalue weighted by atomic mass is 32.2. The van der Waals surface area contributed by atoms with Crippen molar-refractivity contribution in [3.8, 4) is 0 Å². The van der Waals surface area contributed by atoms with Gasteiger partial charge >= 0.3 is 11.1 Å². The van der Waals surface area contributed by atoms with Gasteiger partial charge in [-0.25, -0.2) is 13.9 Å². The molecule has 27 heavy (non-hydrogen) atoms. The Hall–Kier alpha value is -2.80. The Bertz CT molecular complexity index is 930. The number of nitrogens with zero attached hydrogens (tertiary/aromatic N) is 2. The number of para-hydroxylation sites is 2. The number of methoxy groups -OCH3 is 1. The smallest absolute Gasteiger partial charge is 0.329 e. The van der Waals surface area contributed by atoms with E-state index in [-0.39, 0.29) is 5.91 Å². The van der Waals surface area contributed by atoms with E-state index in [2.05, 4.69) is 14.5 Å². The molecule has 1 aromatic heterocycles. The lowest BCUT2D eigenvalue weighted by Crippen LogP contribution is -2.43. The van der Waals surface area contributed by atoms with Crippen LogP contribution < -0.4 is 9.88 Å². The number of aromatic nitrogens is 2. The molecule has 0 fully saturated rings. The topological polar surface area (TPSA) is 64.2 Å². The Morgan fingerprint density at radius 2 is 1.81 bits per heavy atom. The summed E-state index contributed by atoms with van der Waals surface area (Å²) in [7, 11) is 5.30. The standard InChI is InChI=1S/C20H21N3O3S/c1-22-16-11-7-8-12-17(16)23(2)20(22)27-13-15(19(25)26-3)21-18(24)14-9-5-4-6-10-14/h4-12,15H,13H2,1-3H3/p+1/t15-/m0/s1. The quantitative estimate of drug-likeness (QED) is 0.401. The molecular formula is C20H22N3O3S+. The molecule has 0 bridgehead atoms. The number of nitrogens with one attached hydrogen (secondary N) is 1. The lowest BCUT2D eigenvalue weighted by molar-refractivity contribution is -0.685. The first-order chi connectivity index (χ1) is 13.0. The van der Waals surface area contributed by atoms with Crippen LogP contribution in [0.15, 0.2) is 59.8 Å². The molecule has 140 valence electrons. The van der Waals surface area contributed by atoms with Crippen LogP contribution >= 0.6 is 11.8 Å². The number of ether oxygens (including phenoxy) is 1. The highest BCUT2D eigenvalue weighted by Gasteiger charge is 2.26. The first-order valence-corrected chi connectivity index (χ1v) is 9.51. The van der Waals surface area contributed by atoms with Crippen LogP contribution in [0, 0.1) is 0 Å². The fourth-order valence-electron chi connectivity index (χ4n) is 2.96. The van der Waals surface area contributed by atoms with E-state index in [0.717, 1.165) is 16.2 Å². The van der Waals surface area contributed by atoms with E-state index in [1.54, 1.807) is 24.3 Å². The second kappa shape index (κ2) is 8.26. The van der Waals surface area contributed by atoms with Crippen molar-refractivity contribution in [3.05, 3.63) is 60.2 Å². The van der Waals surface area contributed by atoms with Gasteiger partial charge in [0.2, 0.25) is 0 Å². The van der Waals surface area contributed by atoms with Crippen molar-refractivity contribution in [2.45, 2.75) is 11.2 Å². The predicted molar refractivity (Wildman–Crippen MR) is 105 cm³/mol. The summed E-state index contributed by atoms with van der Waals surface area (Å²) in [5.41, 5.74) is 2.71. The van der Waals surface area contributed by atoms with E-state index in [0.29, 0.717) is 11.3 Å². The lowest BCUT2D eigenvalue weighted by Gasteiger charge is -2.15. The maximum Gasteiger partial charge on any atom is 0.329 e. The first kappa shape index (κ1) is 19.0. The third-order valence-corrected chi connectivity index (χ3v) is 5.69. The van der Waals surface area contributed by atoms with Crippen LogP contribution in [-0.2, 0) is 23.6 Å². The molecule has 3 aromatic rings. The van der Waals surface area contributed by atoms with Crippen LogP contribution in [0.4, 0.5) is 0 Å². The summed E-state index contributed by atoms with van der Waals surface area (Å²) in [6.45, 7) is 0. The second-order valence-corrected chi connectivity index (χ2v) is 7.10. The Morgan fingerprint density at radius 3 is 2.48 bits per heavy atom. The van der Waals surface area contributed by atoms with Crippen molar-refractivity contribution >= 4 is 34.7 Å². The van der Waals surface area contributed by atoms with Crippen molar-refractivity contribution in [3.63, 3.8) is 0 Å². The third-order valence-electron chi connectivity index (χ3n) is 4.38. The van der Waals surface area contributed by atoms with E-state index in [9.17, 15) is 9.59 Å². The second-order valence-electron chi connectivity index (χ2n) is 6.12. The zero-order valence-electron chi connectivity index (χ0n) is 15.5. The minimum Gasteiger partial charge on any atom is -0.467 e. The summed E-state index contributed by atoms with van der Waals surface area (Å²) in [6, 6.07) is 16.2. The summed E-state index contributed by atoms with van der Waals surface area (Å²) in [5, 5.41) is 3.76. The van der Waals surface area contributed by atoms with Crippen LogP contribution in [0.25, 0.3) is 11.0 Å². The molecule has 1 amide bonds. The van der Waals surface area contributed by atoms with Crippen LogP contribution in [0.1, 0.15) is 10.4 Å². The van der Waals surface area contributed by atoms with Crippen LogP contribution in [0.5, 0.6) is 0 Å². The molecule has 0 spiro atoms. The van der Waals surface area contributed by atoms with Gasteiger partial charge in [-0.15, -0.1) is 0 Å². The minimum absolute atomic E-state index is 0.298. The Morgan fingerprint density at radius 1 is 1.15 bits per heavy atom. The minimum atomic E-state index is -0.745. The van der Waals surface area contributed by atoms with E-state index in [1.807, 2.05) is 44.4 Å². The number of imidazole rings is 1. The highest BCUT2D eigenvalue weighted by molar-refractivity contribution is 7.99. The number of esters is 1. The highest BCUT2D eigenvalue weighted by Crippen LogP contribution is 2.21. The molecule has 1 atom stereocenters. The molecule has 2 aromatic carbocycles. The molecular weight excluding hydrogens is 362 g/mol. The van der Waals surface area contributed by atoms with Crippen LogP contribution in [0.2, 0.25) is 0 Å². The number of thioether (sulfide) groups is 1. The summed E-state index contributed by atoms with van der Waals surface area (Å²) in [6.07, 6.45) is 0. The Kier molecular flexibility index (Phi) is 5.81. The molecule has 0 saturated heterocycles. The van der Waals surface area contributed by atoms with E-state index < -0.39 is 12.0 Å². The maximum absolute atomic E-state index is 12.4. The summed E-state index contributed by atoms with van der Waals surface area (Å²) in [4.78, 5) is 24.6. The van der Waals surface area contributed by atoms with Crippen LogP contribution in [-0.4, -0.2) is 35.3 Å². The van der Waals surface area contributed by atoms with Gasteiger partial charge in [0.05, 0.1) is 21.2 Å². The van der Waals surface area contributed by atoms with E-state index >= 15 is 0 Å². The van der Waals surface area contributed by atoms with Gasteiger partial charge in [0, 0.05) is 11.3 Å². The number of fused-ring (bicyclic) bond motifs is 1. The summed E-state index contributed by atoms with van der Waals surface area (Å²) in [5.74, 6) is -0.398. The number of carbonyl (C=O) groups excluding carboxylic acids is 2. The largest absolute Gasteiger partial charge is 0.467 e. The van der Waals surface area contributed by atoms with Gasteiger partial charge in [0.25, 0.3) is 5.91 Å². The van der Waals surface area contributed by atoms with Gasteiger partial charge in [-0.2, -0.15) is 0 Å². The number of amides is 1. The monoisotopic (exact) mass is 384 g/mol. The molecule has 0 aliphatic carbocycles. The number of rotatable bonds is 6. The van der Waals surface area contributed by atoms with E-state index in [1.165, 1.54) is 18.9 Å². The number of carbonyl (C=O) groups is 2. The first-order valence-electron chi connectivity index (χ1n) is 8.53. The van der Waals surface area contributed by atoms with E-state index in [4.69, 9.17) is 4.74 Å². The molecule has 7 heteroatoms.